The molecule has 0 amide bonds. The number of halogens is 2. The zero-order valence-corrected chi connectivity index (χ0v) is 14.2. The third kappa shape index (κ3) is 3.93. The van der Waals surface area contributed by atoms with Crippen LogP contribution in [-0.4, -0.2) is 22.1 Å². The zero-order chi connectivity index (χ0) is 16.2. The smallest absolute Gasteiger partial charge is 0.242 e. The molecular weight excluding hydrogens is 345 g/mol. The summed E-state index contributed by atoms with van der Waals surface area (Å²) in [7, 11) is -2.30. The van der Waals surface area contributed by atoms with E-state index < -0.39 is 10.0 Å². The van der Waals surface area contributed by atoms with E-state index in [1.165, 1.54) is 19.2 Å². The van der Waals surface area contributed by atoms with Gasteiger partial charge in [0.1, 0.15) is 15.7 Å². The predicted octanol–water partition coefficient (Wildman–Crippen LogP) is 3.52. The van der Waals surface area contributed by atoms with Gasteiger partial charge in [0, 0.05) is 6.54 Å². The molecule has 0 aliphatic carbocycles. The zero-order valence-electron chi connectivity index (χ0n) is 11.8. The standard InChI is InChI=1S/C15H15Cl2NO3S/c1-21-12-7-8-13(15(17)14(12)16)22(19,20)18-10-9-11-5-3-2-4-6-11/h2-8,18H,9-10H2,1H3. The second kappa shape index (κ2) is 7.33. The van der Waals surface area contributed by atoms with Crippen molar-refractivity contribution in [2.24, 2.45) is 0 Å². The summed E-state index contributed by atoms with van der Waals surface area (Å²) in [6.07, 6.45) is 0.585. The van der Waals surface area contributed by atoms with Crippen molar-refractivity contribution in [2.45, 2.75) is 11.3 Å². The molecule has 2 aromatic carbocycles. The minimum absolute atomic E-state index is 0.0479. The first-order chi connectivity index (χ1) is 10.5. The Morgan fingerprint density at radius 3 is 2.36 bits per heavy atom. The van der Waals surface area contributed by atoms with Crippen LogP contribution in [0.3, 0.4) is 0 Å². The monoisotopic (exact) mass is 359 g/mol. The van der Waals surface area contributed by atoms with Gasteiger partial charge in [0.25, 0.3) is 0 Å². The number of hydrogen-bond donors (Lipinski definition) is 1. The lowest BCUT2D eigenvalue weighted by atomic mass is 10.2. The second-order valence-electron chi connectivity index (χ2n) is 4.53. The summed E-state index contributed by atoms with van der Waals surface area (Å²) in [5, 5.41) is 0.0309. The van der Waals surface area contributed by atoms with Crippen LogP contribution in [-0.2, 0) is 16.4 Å². The fraction of sp³-hybridized carbons (Fsp3) is 0.200. The molecule has 0 aliphatic heterocycles. The van der Waals surface area contributed by atoms with Crippen LogP contribution in [0.1, 0.15) is 5.56 Å². The molecule has 2 aromatic rings. The number of ether oxygens (including phenoxy) is 1. The highest BCUT2D eigenvalue weighted by molar-refractivity contribution is 7.89. The van der Waals surface area contributed by atoms with E-state index in [0.29, 0.717) is 12.2 Å². The molecule has 0 saturated carbocycles. The lowest BCUT2D eigenvalue weighted by Crippen LogP contribution is -2.26. The molecule has 0 saturated heterocycles. The second-order valence-corrected chi connectivity index (χ2v) is 7.02. The molecule has 1 N–H and O–H groups in total. The van der Waals surface area contributed by atoms with Crippen LogP contribution < -0.4 is 9.46 Å². The lowest BCUT2D eigenvalue weighted by Gasteiger charge is -2.11. The SMILES string of the molecule is COc1ccc(S(=O)(=O)NCCc2ccccc2)c(Cl)c1Cl. The first kappa shape index (κ1) is 17.1. The van der Waals surface area contributed by atoms with Crippen LogP contribution in [0.2, 0.25) is 10.0 Å². The molecule has 0 heterocycles. The highest BCUT2D eigenvalue weighted by Crippen LogP contribution is 2.36. The molecule has 0 fully saturated rings. The maximum Gasteiger partial charge on any atom is 0.242 e. The third-order valence-corrected chi connectivity index (χ3v) is 5.55. The van der Waals surface area contributed by atoms with Crippen molar-refractivity contribution in [3.05, 3.63) is 58.1 Å². The van der Waals surface area contributed by atoms with E-state index in [0.717, 1.165) is 5.56 Å². The quantitative estimate of drug-likeness (QED) is 0.858. The van der Waals surface area contributed by atoms with Gasteiger partial charge < -0.3 is 4.74 Å². The van der Waals surface area contributed by atoms with E-state index in [2.05, 4.69) is 4.72 Å². The minimum atomic E-state index is -3.73. The number of sulfonamides is 1. The Morgan fingerprint density at radius 1 is 1.05 bits per heavy atom. The molecule has 0 aliphatic rings. The van der Waals surface area contributed by atoms with Gasteiger partial charge in [-0.05, 0) is 24.1 Å². The molecule has 4 nitrogen and oxygen atoms in total. The number of methoxy groups -OCH3 is 1. The highest BCUT2D eigenvalue weighted by atomic mass is 35.5. The molecule has 22 heavy (non-hydrogen) atoms. The van der Waals surface area contributed by atoms with Crippen molar-refractivity contribution in [2.75, 3.05) is 13.7 Å². The van der Waals surface area contributed by atoms with Gasteiger partial charge in [-0.3, -0.25) is 0 Å². The molecular formula is C15H15Cl2NO3S. The molecule has 7 heteroatoms. The summed E-state index contributed by atoms with van der Waals surface area (Å²) >= 11 is 12.0. The van der Waals surface area contributed by atoms with E-state index >= 15 is 0 Å². The molecule has 0 atom stereocenters. The van der Waals surface area contributed by atoms with E-state index in [1.54, 1.807) is 0 Å². The van der Waals surface area contributed by atoms with Crippen LogP contribution in [0, 0.1) is 0 Å². The molecule has 0 spiro atoms. The molecule has 2 rings (SSSR count). The van der Waals surface area contributed by atoms with Gasteiger partial charge in [-0.2, -0.15) is 0 Å². The van der Waals surface area contributed by atoms with Crippen LogP contribution in [0.15, 0.2) is 47.4 Å². The average Bonchev–Trinajstić information content (AvgIpc) is 2.50. The van der Waals surface area contributed by atoms with E-state index in [9.17, 15) is 8.42 Å². The average molecular weight is 360 g/mol. The van der Waals surface area contributed by atoms with Gasteiger partial charge in [0.05, 0.1) is 12.1 Å². The topological polar surface area (TPSA) is 55.4 Å². The fourth-order valence-electron chi connectivity index (χ4n) is 1.93. The number of benzene rings is 2. The Hall–Kier alpha value is -1.27. The van der Waals surface area contributed by atoms with Gasteiger partial charge >= 0.3 is 0 Å². The van der Waals surface area contributed by atoms with Crippen molar-refractivity contribution in [1.82, 2.24) is 4.72 Å². The predicted molar refractivity (Wildman–Crippen MR) is 88.3 cm³/mol. The van der Waals surface area contributed by atoms with Crippen molar-refractivity contribution in [1.29, 1.82) is 0 Å². The number of rotatable bonds is 6. The van der Waals surface area contributed by atoms with Gasteiger partial charge in [0.2, 0.25) is 10.0 Å². The van der Waals surface area contributed by atoms with E-state index in [4.69, 9.17) is 27.9 Å². The van der Waals surface area contributed by atoms with Crippen LogP contribution in [0.5, 0.6) is 5.75 Å². The Kier molecular flexibility index (Phi) is 5.69. The Balaban J connectivity index is 2.12. The maximum atomic E-state index is 12.3. The minimum Gasteiger partial charge on any atom is -0.495 e. The van der Waals surface area contributed by atoms with Gasteiger partial charge in [0.15, 0.2) is 0 Å². The van der Waals surface area contributed by atoms with Crippen LogP contribution >= 0.6 is 23.2 Å². The molecule has 0 unspecified atom stereocenters. The van der Waals surface area contributed by atoms with Crippen molar-refractivity contribution in [3.8, 4) is 5.75 Å². The number of hydrogen-bond acceptors (Lipinski definition) is 3. The first-order valence-electron chi connectivity index (χ1n) is 6.51. The summed E-state index contributed by atoms with van der Waals surface area (Å²) in [5.74, 6) is 0.329. The van der Waals surface area contributed by atoms with E-state index in [-0.39, 0.29) is 21.5 Å². The van der Waals surface area contributed by atoms with Crippen molar-refractivity contribution < 1.29 is 13.2 Å². The summed E-state index contributed by atoms with van der Waals surface area (Å²) in [5.41, 5.74) is 1.05. The molecule has 0 radical (unpaired) electrons. The highest BCUT2D eigenvalue weighted by Gasteiger charge is 2.21. The van der Waals surface area contributed by atoms with Crippen LogP contribution in [0.4, 0.5) is 0 Å². The largest absolute Gasteiger partial charge is 0.495 e. The summed E-state index contributed by atoms with van der Waals surface area (Å²) < 4.78 is 32.1. The lowest BCUT2D eigenvalue weighted by molar-refractivity contribution is 0.414. The normalized spacial score (nSPS) is 11.4. The molecule has 0 bridgehead atoms. The molecule has 118 valence electrons. The van der Waals surface area contributed by atoms with E-state index in [1.807, 2.05) is 30.3 Å². The molecule has 0 aromatic heterocycles. The van der Waals surface area contributed by atoms with Gasteiger partial charge in [-0.1, -0.05) is 53.5 Å². The fourth-order valence-corrected chi connectivity index (χ4v) is 3.80. The summed E-state index contributed by atoms with van der Waals surface area (Å²) in [6, 6.07) is 12.4. The Morgan fingerprint density at radius 2 is 1.73 bits per heavy atom. The third-order valence-electron chi connectivity index (χ3n) is 3.07. The first-order valence-corrected chi connectivity index (χ1v) is 8.75. The maximum absolute atomic E-state index is 12.3. The van der Waals surface area contributed by atoms with Crippen molar-refractivity contribution in [3.63, 3.8) is 0 Å². The Bertz CT molecular complexity index is 749. The van der Waals surface area contributed by atoms with Gasteiger partial charge in [-0.25, -0.2) is 13.1 Å². The van der Waals surface area contributed by atoms with Crippen LogP contribution in [0.25, 0.3) is 0 Å². The summed E-state index contributed by atoms with van der Waals surface area (Å²) in [4.78, 5) is -0.0620. The number of nitrogens with one attached hydrogen (secondary N) is 1. The van der Waals surface area contributed by atoms with Gasteiger partial charge in [-0.15, -0.1) is 0 Å². The summed E-state index contributed by atoms with van der Waals surface area (Å²) in [6.45, 7) is 0.270. The van der Waals surface area contributed by atoms with Crippen molar-refractivity contribution >= 4 is 33.2 Å². The Labute approximate surface area is 140 Å².